The summed E-state index contributed by atoms with van der Waals surface area (Å²) in [6.45, 7) is 5.30. The van der Waals surface area contributed by atoms with Crippen LogP contribution in [-0.2, 0) is 4.79 Å². The second-order valence-electron chi connectivity index (χ2n) is 3.59. The number of carbonyl (C=O) groups is 1. The highest BCUT2D eigenvalue weighted by Gasteiger charge is 2.32. The molecule has 2 bridgehead atoms. The van der Waals surface area contributed by atoms with Gasteiger partial charge >= 0.3 is 5.97 Å². The van der Waals surface area contributed by atoms with E-state index in [1.54, 1.807) is 0 Å². The maximum absolute atomic E-state index is 10.5. The topological polar surface area (TPSA) is 43.8 Å². The Hall–Kier alpha value is -0.610. The Labute approximate surface area is 71.8 Å². The summed E-state index contributed by atoms with van der Waals surface area (Å²) in [5.41, 5.74) is 0. The number of hydrogen-bond acceptors (Lipinski definition) is 3. The smallest absolute Gasteiger partial charge is 0.304 e. The average molecular weight is 170 g/mol. The van der Waals surface area contributed by atoms with Crippen molar-refractivity contribution in [2.45, 2.75) is 12.5 Å². The van der Waals surface area contributed by atoms with Crippen molar-refractivity contribution in [1.82, 2.24) is 9.80 Å². The van der Waals surface area contributed by atoms with Gasteiger partial charge in [0.15, 0.2) is 0 Å². The molecule has 4 heteroatoms. The molecule has 3 saturated heterocycles. The third kappa shape index (κ3) is 1.44. The van der Waals surface area contributed by atoms with E-state index < -0.39 is 5.97 Å². The molecule has 0 aromatic rings. The van der Waals surface area contributed by atoms with Crippen molar-refractivity contribution in [3.8, 4) is 0 Å². The summed E-state index contributed by atoms with van der Waals surface area (Å²) >= 11 is 0. The zero-order valence-corrected chi connectivity index (χ0v) is 7.07. The van der Waals surface area contributed by atoms with Crippen LogP contribution >= 0.6 is 0 Å². The van der Waals surface area contributed by atoms with Gasteiger partial charge < -0.3 is 5.11 Å². The first-order chi connectivity index (χ1) is 5.75. The molecule has 3 fully saturated rings. The van der Waals surface area contributed by atoms with Crippen molar-refractivity contribution in [2.75, 3.05) is 32.7 Å². The maximum atomic E-state index is 10.5. The average Bonchev–Trinajstić information content (AvgIpc) is 2.05. The van der Waals surface area contributed by atoms with E-state index in [2.05, 4.69) is 9.80 Å². The number of carboxylic acids is 1. The number of fused-ring (bicyclic) bond motifs is 3. The van der Waals surface area contributed by atoms with Crippen molar-refractivity contribution < 1.29 is 9.90 Å². The summed E-state index contributed by atoms with van der Waals surface area (Å²) in [6.07, 6.45) is 0.302. The van der Waals surface area contributed by atoms with E-state index in [9.17, 15) is 4.79 Å². The number of hydrogen-bond donors (Lipinski definition) is 1. The van der Waals surface area contributed by atoms with Gasteiger partial charge in [0.25, 0.3) is 0 Å². The molecule has 3 aliphatic heterocycles. The van der Waals surface area contributed by atoms with Crippen LogP contribution in [0.3, 0.4) is 0 Å². The molecular formula is C8H14N2O2. The van der Waals surface area contributed by atoms with Gasteiger partial charge in [-0.05, 0) is 0 Å². The van der Waals surface area contributed by atoms with E-state index in [0.29, 0.717) is 6.42 Å². The summed E-state index contributed by atoms with van der Waals surface area (Å²) < 4.78 is 0. The molecule has 1 atom stereocenters. The molecule has 0 aromatic heterocycles. The summed E-state index contributed by atoms with van der Waals surface area (Å²) in [5.74, 6) is -0.672. The summed E-state index contributed by atoms with van der Waals surface area (Å²) in [4.78, 5) is 15.2. The van der Waals surface area contributed by atoms with E-state index in [4.69, 9.17) is 5.11 Å². The van der Waals surface area contributed by atoms with Crippen molar-refractivity contribution in [3.63, 3.8) is 0 Å². The molecule has 0 amide bonds. The van der Waals surface area contributed by atoms with Gasteiger partial charge in [0.2, 0.25) is 0 Å². The first-order valence-corrected chi connectivity index (χ1v) is 4.44. The van der Waals surface area contributed by atoms with Crippen LogP contribution in [0.25, 0.3) is 0 Å². The lowest BCUT2D eigenvalue weighted by Gasteiger charge is -2.47. The molecule has 3 heterocycles. The number of carboxylic acid groups (broad SMARTS) is 1. The van der Waals surface area contributed by atoms with Gasteiger partial charge in [0.05, 0.1) is 6.42 Å². The highest BCUT2D eigenvalue weighted by Crippen LogP contribution is 2.17. The van der Waals surface area contributed by atoms with Crippen LogP contribution in [0.4, 0.5) is 0 Å². The predicted octanol–water partition coefficient (Wildman–Crippen LogP) is -0.539. The Morgan fingerprint density at radius 1 is 1.33 bits per heavy atom. The van der Waals surface area contributed by atoms with Crippen LogP contribution in [0.2, 0.25) is 0 Å². The Kier molecular flexibility index (Phi) is 2.02. The maximum Gasteiger partial charge on any atom is 0.304 e. The monoisotopic (exact) mass is 170 g/mol. The Morgan fingerprint density at radius 2 is 2.00 bits per heavy atom. The van der Waals surface area contributed by atoms with Crippen LogP contribution in [0.5, 0.6) is 0 Å². The summed E-state index contributed by atoms with van der Waals surface area (Å²) in [7, 11) is 0. The van der Waals surface area contributed by atoms with Crippen LogP contribution in [0.1, 0.15) is 6.42 Å². The first kappa shape index (κ1) is 8.01. The molecule has 0 aliphatic carbocycles. The van der Waals surface area contributed by atoms with Gasteiger partial charge in [-0.25, -0.2) is 0 Å². The van der Waals surface area contributed by atoms with E-state index >= 15 is 0 Å². The predicted molar refractivity (Wildman–Crippen MR) is 44.1 cm³/mol. The van der Waals surface area contributed by atoms with Crippen molar-refractivity contribution in [2.24, 2.45) is 0 Å². The largest absolute Gasteiger partial charge is 0.481 e. The van der Waals surface area contributed by atoms with Crippen LogP contribution in [0, 0.1) is 0 Å². The number of piperazine rings is 3. The highest BCUT2D eigenvalue weighted by molar-refractivity contribution is 5.67. The zero-order chi connectivity index (χ0) is 8.55. The van der Waals surface area contributed by atoms with Gasteiger partial charge in [-0.1, -0.05) is 0 Å². The summed E-state index contributed by atoms with van der Waals surface area (Å²) in [6, 6.07) is 0.269. The second-order valence-corrected chi connectivity index (χ2v) is 3.59. The van der Waals surface area contributed by atoms with Gasteiger partial charge in [0, 0.05) is 38.8 Å². The minimum absolute atomic E-state index is 0.269. The zero-order valence-electron chi connectivity index (χ0n) is 7.07. The minimum atomic E-state index is -0.672. The van der Waals surface area contributed by atoms with Crippen LogP contribution < -0.4 is 0 Å². The molecule has 3 aliphatic rings. The van der Waals surface area contributed by atoms with Crippen LogP contribution in [-0.4, -0.2) is 59.6 Å². The highest BCUT2D eigenvalue weighted by atomic mass is 16.4. The van der Waals surface area contributed by atoms with E-state index in [0.717, 1.165) is 32.7 Å². The van der Waals surface area contributed by atoms with Gasteiger partial charge in [0.1, 0.15) is 0 Å². The van der Waals surface area contributed by atoms with Gasteiger partial charge in [-0.15, -0.1) is 0 Å². The minimum Gasteiger partial charge on any atom is -0.481 e. The molecule has 4 nitrogen and oxygen atoms in total. The summed E-state index contributed by atoms with van der Waals surface area (Å²) in [5, 5.41) is 8.65. The quantitative estimate of drug-likeness (QED) is 0.604. The molecule has 0 aromatic carbocycles. The van der Waals surface area contributed by atoms with E-state index in [-0.39, 0.29) is 6.04 Å². The lowest BCUT2D eigenvalue weighted by Crippen LogP contribution is -2.61. The van der Waals surface area contributed by atoms with Crippen molar-refractivity contribution in [3.05, 3.63) is 0 Å². The Bertz CT molecular complexity index is 187. The number of nitrogens with zero attached hydrogens (tertiary/aromatic N) is 2. The Morgan fingerprint density at radius 3 is 2.42 bits per heavy atom. The van der Waals surface area contributed by atoms with E-state index in [1.165, 1.54) is 0 Å². The third-order valence-electron chi connectivity index (χ3n) is 2.80. The Balaban J connectivity index is 1.95. The second kappa shape index (κ2) is 3.03. The van der Waals surface area contributed by atoms with Gasteiger partial charge in [-0.2, -0.15) is 0 Å². The van der Waals surface area contributed by atoms with Crippen molar-refractivity contribution in [1.29, 1.82) is 0 Å². The molecule has 1 unspecified atom stereocenters. The molecular weight excluding hydrogens is 156 g/mol. The molecule has 68 valence electrons. The molecule has 0 radical (unpaired) electrons. The van der Waals surface area contributed by atoms with Crippen LogP contribution in [0.15, 0.2) is 0 Å². The SMILES string of the molecule is O=C(O)CC1CN2CCN1CC2. The molecule has 1 N–H and O–H groups in total. The third-order valence-corrected chi connectivity index (χ3v) is 2.80. The number of rotatable bonds is 2. The number of aliphatic carboxylic acids is 1. The first-order valence-electron chi connectivity index (χ1n) is 4.44. The van der Waals surface area contributed by atoms with Crippen molar-refractivity contribution >= 4 is 5.97 Å². The molecule has 3 rings (SSSR count). The lowest BCUT2D eigenvalue weighted by atomic mass is 10.1. The van der Waals surface area contributed by atoms with Gasteiger partial charge in [-0.3, -0.25) is 14.6 Å². The fourth-order valence-corrected chi connectivity index (χ4v) is 2.12. The molecule has 12 heavy (non-hydrogen) atoms. The normalized spacial score (nSPS) is 39.8. The standard InChI is InChI=1S/C8H14N2O2/c11-8(12)5-7-6-9-1-3-10(7)4-2-9/h7H,1-6H2,(H,11,12). The fourth-order valence-electron chi connectivity index (χ4n) is 2.12. The van der Waals surface area contributed by atoms with E-state index in [1.807, 2.05) is 0 Å². The molecule has 0 spiro atoms. The molecule has 0 saturated carbocycles. The fraction of sp³-hybridized carbons (Fsp3) is 0.875. The lowest BCUT2D eigenvalue weighted by molar-refractivity contribution is -0.139.